The monoisotopic (exact) mass is 222 g/mol. The molecule has 1 aliphatic heterocycles. The van der Waals surface area contributed by atoms with Crippen LogP contribution in [0.3, 0.4) is 0 Å². The molecule has 2 unspecified atom stereocenters. The number of ether oxygens (including phenoxy) is 1. The number of anilines is 1. The number of nitrogens with one attached hydrogen (secondary N) is 1. The number of carboxylic acids is 1. The molecule has 2 atom stereocenters. The Morgan fingerprint density at radius 3 is 3.00 bits per heavy atom. The van der Waals surface area contributed by atoms with Gasteiger partial charge in [-0.15, -0.1) is 0 Å². The minimum absolute atomic E-state index is 0.119. The Balaban J connectivity index is 2.33. The molecule has 0 amide bonds. The van der Waals surface area contributed by atoms with Crippen molar-refractivity contribution in [1.82, 2.24) is 0 Å². The smallest absolute Gasteiger partial charge is 0.335 e. The molecule has 1 heterocycles. The third kappa shape index (κ3) is 1.81. The van der Waals surface area contributed by atoms with Crippen molar-refractivity contribution in [3.8, 4) is 5.75 Å². The second-order valence-electron chi connectivity index (χ2n) is 3.84. The number of aromatic carboxylic acids is 1. The summed E-state index contributed by atoms with van der Waals surface area (Å²) in [4.78, 5) is 10.8. The molecule has 0 aliphatic carbocycles. The minimum Gasteiger partial charge on any atom is -0.485 e. The van der Waals surface area contributed by atoms with Crippen molar-refractivity contribution in [2.45, 2.75) is 19.1 Å². The third-order valence-corrected chi connectivity index (χ3v) is 2.68. The fourth-order valence-corrected chi connectivity index (χ4v) is 1.73. The standard InChI is InChI=1S/C11H14N2O3/c1-6-10(5-12)16-9-4-7(11(14)15)2-3-8(9)13-6/h2-4,6,10,13H,5,12H2,1H3,(H,14,15). The lowest BCUT2D eigenvalue weighted by atomic mass is 10.1. The summed E-state index contributed by atoms with van der Waals surface area (Å²) in [6, 6.07) is 4.89. The molecule has 0 bridgehead atoms. The van der Waals surface area contributed by atoms with Crippen LogP contribution in [-0.4, -0.2) is 29.8 Å². The van der Waals surface area contributed by atoms with Crippen LogP contribution in [0.5, 0.6) is 5.75 Å². The second-order valence-corrected chi connectivity index (χ2v) is 3.84. The molecule has 0 saturated carbocycles. The van der Waals surface area contributed by atoms with Gasteiger partial charge in [-0.2, -0.15) is 0 Å². The molecular weight excluding hydrogens is 208 g/mol. The number of fused-ring (bicyclic) bond motifs is 1. The van der Waals surface area contributed by atoms with E-state index >= 15 is 0 Å². The first-order chi connectivity index (χ1) is 7.61. The Labute approximate surface area is 93.2 Å². The summed E-state index contributed by atoms with van der Waals surface area (Å²) in [6.45, 7) is 2.37. The number of carbonyl (C=O) groups is 1. The van der Waals surface area contributed by atoms with Gasteiger partial charge in [0.15, 0.2) is 0 Å². The third-order valence-electron chi connectivity index (χ3n) is 2.68. The highest BCUT2D eigenvalue weighted by Crippen LogP contribution is 2.31. The first-order valence-corrected chi connectivity index (χ1v) is 5.12. The maximum atomic E-state index is 10.8. The molecule has 5 nitrogen and oxygen atoms in total. The largest absolute Gasteiger partial charge is 0.485 e. The normalized spacial score (nSPS) is 22.9. The fourth-order valence-electron chi connectivity index (χ4n) is 1.73. The molecule has 4 N–H and O–H groups in total. The van der Waals surface area contributed by atoms with E-state index in [1.165, 1.54) is 6.07 Å². The summed E-state index contributed by atoms with van der Waals surface area (Å²) in [5.74, 6) is -0.414. The predicted octanol–water partition coefficient (Wildman–Crippen LogP) is 0.905. The van der Waals surface area contributed by atoms with Crippen molar-refractivity contribution in [2.75, 3.05) is 11.9 Å². The molecule has 1 aliphatic rings. The van der Waals surface area contributed by atoms with Crippen LogP contribution in [0.2, 0.25) is 0 Å². The zero-order valence-corrected chi connectivity index (χ0v) is 8.93. The van der Waals surface area contributed by atoms with Crippen molar-refractivity contribution < 1.29 is 14.6 Å². The molecule has 2 rings (SSSR count). The highest BCUT2D eigenvalue weighted by molar-refractivity contribution is 5.89. The molecule has 0 saturated heterocycles. The second kappa shape index (κ2) is 4.02. The van der Waals surface area contributed by atoms with Crippen LogP contribution in [0.25, 0.3) is 0 Å². The van der Waals surface area contributed by atoms with Crippen LogP contribution in [-0.2, 0) is 0 Å². The number of hydrogen-bond acceptors (Lipinski definition) is 4. The van der Waals surface area contributed by atoms with E-state index in [1.54, 1.807) is 12.1 Å². The van der Waals surface area contributed by atoms with Crippen LogP contribution in [0, 0.1) is 0 Å². The first-order valence-electron chi connectivity index (χ1n) is 5.12. The first kappa shape index (κ1) is 10.8. The summed E-state index contributed by atoms with van der Waals surface area (Å²) in [7, 11) is 0. The summed E-state index contributed by atoms with van der Waals surface area (Å²) in [6.07, 6.45) is -0.128. The van der Waals surface area contributed by atoms with Crippen molar-refractivity contribution in [1.29, 1.82) is 0 Å². The van der Waals surface area contributed by atoms with Crippen molar-refractivity contribution in [3.63, 3.8) is 0 Å². The molecule has 0 fully saturated rings. The zero-order chi connectivity index (χ0) is 11.7. The van der Waals surface area contributed by atoms with Gasteiger partial charge < -0.3 is 20.9 Å². The zero-order valence-electron chi connectivity index (χ0n) is 8.93. The number of nitrogens with two attached hydrogens (primary N) is 1. The van der Waals surface area contributed by atoms with E-state index in [0.29, 0.717) is 12.3 Å². The van der Waals surface area contributed by atoms with Crippen molar-refractivity contribution in [3.05, 3.63) is 23.8 Å². The van der Waals surface area contributed by atoms with E-state index in [9.17, 15) is 4.79 Å². The Morgan fingerprint density at radius 1 is 1.62 bits per heavy atom. The van der Waals surface area contributed by atoms with E-state index in [2.05, 4.69) is 5.32 Å². The Bertz CT molecular complexity index is 420. The lowest BCUT2D eigenvalue weighted by molar-refractivity contribution is 0.0696. The quantitative estimate of drug-likeness (QED) is 0.692. The van der Waals surface area contributed by atoms with Crippen LogP contribution in [0.4, 0.5) is 5.69 Å². The molecule has 0 spiro atoms. The van der Waals surface area contributed by atoms with E-state index in [0.717, 1.165) is 5.69 Å². The van der Waals surface area contributed by atoms with E-state index in [-0.39, 0.29) is 17.7 Å². The maximum Gasteiger partial charge on any atom is 0.335 e. The van der Waals surface area contributed by atoms with Crippen molar-refractivity contribution in [2.24, 2.45) is 5.73 Å². The summed E-state index contributed by atoms with van der Waals surface area (Å²) in [5, 5.41) is 12.1. The topological polar surface area (TPSA) is 84.6 Å². The highest BCUT2D eigenvalue weighted by Gasteiger charge is 2.25. The van der Waals surface area contributed by atoms with Crippen LogP contribution >= 0.6 is 0 Å². The van der Waals surface area contributed by atoms with Gasteiger partial charge >= 0.3 is 5.97 Å². The van der Waals surface area contributed by atoms with E-state index in [4.69, 9.17) is 15.6 Å². The van der Waals surface area contributed by atoms with Crippen molar-refractivity contribution >= 4 is 11.7 Å². The van der Waals surface area contributed by atoms with Crippen LogP contribution in [0.15, 0.2) is 18.2 Å². The lowest BCUT2D eigenvalue weighted by Gasteiger charge is -2.32. The molecule has 1 aromatic carbocycles. The van der Waals surface area contributed by atoms with Gasteiger partial charge in [-0.3, -0.25) is 0 Å². The van der Waals surface area contributed by atoms with Crippen LogP contribution in [0.1, 0.15) is 17.3 Å². The average Bonchev–Trinajstić information content (AvgIpc) is 2.27. The Hall–Kier alpha value is -1.75. The van der Waals surface area contributed by atoms with Gasteiger partial charge in [0.05, 0.1) is 17.3 Å². The summed E-state index contributed by atoms with van der Waals surface area (Å²) >= 11 is 0. The molecular formula is C11H14N2O3. The Morgan fingerprint density at radius 2 is 2.38 bits per heavy atom. The number of carboxylic acid groups (broad SMARTS) is 1. The molecule has 0 radical (unpaired) electrons. The van der Waals surface area contributed by atoms with Gasteiger partial charge in [-0.1, -0.05) is 0 Å². The van der Waals surface area contributed by atoms with Gasteiger partial charge in [0.25, 0.3) is 0 Å². The molecule has 86 valence electrons. The molecule has 5 heteroatoms. The predicted molar refractivity (Wildman–Crippen MR) is 60.0 cm³/mol. The van der Waals surface area contributed by atoms with Gasteiger partial charge in [-0.05, 0) is 25.1 Å². The number of hydrogen-bond donors (Lipinski definition) is 3. The van der Waals surface area contributed by atoms with E-state index < -0.39 is 5.97 Å². The summed E-state index contributed by atoms with van der Waals surface area (Å²) < 4.78 is 5.63. The van der Waals surface area contributed by atoms with Gasteiger partial charge in [-0.25, -0.2) is 4.79 Å². The van der Waals surface area contributed by atoms with E-state index in [1.807, 2.05) is 6.92 Å². The SMILES string of the molecule is CC1Nc2ccc(C(=O)O)cc2OC1CN. The average molecular weight is 222 g/mol. The van der Waals surface area contributed by atoms with Gasteiger partial charge in [0.1, 0.15) is 11.9 Å². The molecule has 0 aromatic heterocycles. The van der Waals surface area contributed by atoms with Gasteiger partial charge in [0, 0.05) is 6.54 Å². The Kier molecular flexibility index (Phi) is 2.70. The fraction of sp³-hybridized carbons (Fsp3) is 0.364. The lowest BCUT2D eigenvalue weighted by Crippen LogP contribution is -2.44. The number of rotatable bonds is 2. The number of benzene rings is 1. The summed E-state index contributed by atoms with van der Waals surface area (Å²) in [5.41, 5.74) is 6.59. The van der Waals surface area contributed by atoms with Gasteiger partial charge in [0.2, 0.25) is 0 Å². The minimum atomic E-state index is -0.964. The molecule has 1 aromatic rings. The maximum absolute atomic E-state index is 10.8. The highest BCUT2D eigenvalue weighted by atomic mass is 16.5. The van der Waals surface area contributed by atoms with Crippen LogP contribution < -0.4 is 15.8 Å². The molecule has 16 heavy (non-hydrogen) atoms.